The van der Waals surface area contributed by atoms with Crippen LogP contribution in [0.5, 0.6) is 0 Å². The van der Waals surface area contributed by atoms with E-state index >= 15 is 0 Å². The van der Waals surface area contributed by atoms with E-state index in [4.69, 9.17) is 4.42 Å². The molecule has 1 saturated carbocycles. The van der Waals surface area contributed by atoms with E-state index < -0.39 is 0 Å². The average Bonchev–Trinajstić information content (AvgIpc) is 3.07. The van der Waals surface area contributed by atoms with Crippen molar-refractivity contribution in [3.8, 4) is 0 Å². The molecule has 1 aromatic rings. The number of nitrogens with zero attached hydrogens (tertiary/aromatic N) is 1. The van der Waals surface area contributed by atoms with Gasteiger partial charge in [0.25, 0.3) is 0 Å². The van der Waals surface area contributed by atoms with Crippen molar-refractivity contribution in [1.82, 2.24) is 10.2 Å². The first-order valence-corrected chi connectivity index (χ1v) is 8.46. The summed E-state index contributed by atoms with van der Waals surface area (Å²) < 4.78 is 5.23. The van der Waals surface area contributed by atoms with Crippen LogP contribution < -0.4 is 5.32 Å². The summed E-state index contributed by atoms with van der Waals surface area (Å²) in [4.78, 5) is 14.6. The normalized spacial score (nSPS) is 27.7. The number of nitrogens with one attached hydrogen (secondary N) is 1. The van der Waals surface area contributed by atoms with E-state index in [0.717, 1.165) is 51.0 Å². The van der Waals surface area contributed by atoms with Crippen molar-refractivity contribution >= 4 is 5.91 Å². The van der Waals surface area contributed by atoms with Crippen molar-refractivity contribution in [2.24, 2.45) is 5.92 Å². The molecule has 2 atom stereocenters. The molecular weight excluding hydrogens is 280 g/mol. The Labute approximate surface area is 131 Å². The zero-order valence-electron chi connectivity index (χ0n) is 13.0. The molecule has 0 radical (unpaired) electrons. The number of furan rings is 1. The fraction of sp³-hybridized carbons (Fsp3) is 0.706. The molecule has 1 saturated heterocycles. The topological polar surface area (TPSA) is 65.7 Å². The third-order valence-electron chi connectivity index (χ3n) is 5.08. The van der Waals surface area contributed by atoms with Crippen LogP contribution in [0, 0.1) is 5.92 Å². The summed E-state index contributed by atoms with van der Waals surface area (Å²) in [5, 5.41) is 13.1. The van der Waals surface area contributed by atoms with Gasteiger partial charge in [-0.2, -0.15) is 0 Å². The van der Waals surface area contributed by atoms with E-state index in [-0.39, 0.29) is 17.9 Å². The highest BCUT2D eigenvalue weighted by atomic mass is 16.3. The Morgan fingerprint density at radius 1 is 1.27 bits per heavy atom. The van der Waals surface area contributed by atoms with Crippen LogP contribution in [-0.4, -0.2) is 41.1 Å². The molecule has 5 heteroatoms. The molecule has 2 N–H and O–H groups in total. The maximum Gasteiger partial charge on any atom is 0.223 e. The van der Waals surface area contributed by atoms with E-state index in [1.807, 2.05) is 12.1 Å². The SMILES string of the molecule is O=C(NCc1ccco1)C1CCN([C@H]2CCCC[C@H]2O)CC1. The number of carbonyl (C=O) groups excluding carboxylic acids is 1. The summed E-state index contributed by atoms with van der Waals surface area (Å²) >= 11 is 0. The molecule has 122 valence electrons. The van der Waals surface area contributed by atoms with Crippen molar-refractivity contribution in [1.29, 1.82) is 0 Å². The highest BCUT2D eigenvalue weighted by Crippen LogP contribution is 2.27. The second-order valence-corrected chi connectivity index (χ2v) is 6.53. The average molecular weight is 306 g/mol. The monoisotopic (exact) mass is 306 g/mol. The van der Waals surface area contributed by atoms with Crippen molar-refractivity contribution in [3.05, 3.63) is 24.2 Å². The predicted molar refractivity (Wildman–Crippen MR) is 83.1 cm³/mol. The predicted octanol–water partition coefficient (Wildman–Crippen LogP) is 1.91. The van der Waals surface area contributed by atoms with Gasteiger partial charge in [-0.25, -0.2) is 0 Å². The van der Waals surface area contributed by atoms with Crippen LogP contribution in [0.25, 0.3) is 0 Å². The van der Waals surface area contributed by atoms with Crippen LogP contribution in [0.4, 0.5) is 0 Å². The molecule has 22 heavy (non-hydrogen) atoms. The Morgan fingerprint density at radius 2 is 2.05 bits per heavy atom. The van der Waals surface area contributed by atoms with Crippen LogP contribution in [-0.2, 0) is 11.3 Å². The summed E-state index contributed by atoms with van der Waals surface area (Å²) in [7, 11) is 0. The van der Waals surface area contributed by atoms with Gasteiger partial charge in [0, 0.05) is 12.0 Å². The van der Waals surface area contributed by atoms with Crippen LogP contribution in [0.3, 0.4) is 0 Å². The summed E-state index contributed by atoms with van der Waals surface area (Å²) in [5.41, 5.74) is 0. The minimum atomic E-state index is -0.182. The lowest BCUT2D eigenvalue weighted by atomic mass is 9.88. The maximum atomic E-state index is 12.2. The van der Waals surface area contributed by atoms with Gasteiger partial charge >= 0.3 is 0 Å². The van der Waals surface area contributed by atoms with Gasteiger partial charge in [0.1, 0.15) is 5.76 Å². The Hall–Kier alpha value is -1.33. The molecule has 3 rings (SSSR count). The third-order valence-corrected chi connectivity index (χ3v) is 5.08. The number of carbonyl (C=O) groups is 1. The van der Waals surface area contributed by atoms with Gasteiger partial charge in [0.2, 0.25) is 5.91 Å². The first kappa shape index (κ1) is 15.6. The van der Waals surface area contributed by atoms with E-state index in [1.165, 1.54) is 6.42 Å². The third kappa shape index (κ3) is 3.70. The van der Waals surface area contributed by atoms with Crippen LogP contribution >= 0.6 is 0 Å². The van der Waals surface area contributed by atoms with Crippen LogP contribution in [0.1, 0.15) is 44.3 Å². The summed E-state index contributed by atoms with van der Waals surface area (Å²) in [5.74, 6) is 1.00. The van der Waals surface area contributed by atoms with Gasteiger partial charge in [-0.15, -0.1) is 0 Å². The largest absolute Gasteiger partial charge is 0.467 e. The standard InChI is InChI=1S/C17H26N2O3/c20-16-6-2-1-5-15(16)19-9-7-13(8-10-19)17(21)18-12-14-4-3-11-22-14/h3-4,11,13,15-16,20H,1-2,5-10,12H2,(H,18,21)/t15-,16+/m0/s1. The molecule has 5 nitrogen and oxygen atoms in total. The summed E-state index contributed by atoms with van der Waals surface area (Å²) in [6, 6.07) is 4.00. The molecule has 1 amide bonds. The van der Waals surface area contributed by atoms with Gasteiger partial charge in [-0.3, -0.25) is 9.69 Å². The lowest BCUT2D eigenvalue weighted by Crippen LogP contribution is -2.50. The Balaban J connectivity index is 1.43. The lowest BCUT2D eigenvalue weighted by Gasteiger charge is -2.41. The van der Waals surface area contributed by atoms with Gasteiger partial charge in [0.05, 0.1) is 18.9 Å². The zero-order chi connectivity index (χ0) is 15.4. The van der Waals surface area contributed by atoms with Gasteiger partial charge < -0.3 is 14.8 Å². The fourth-order valence-corrected chi connectivity index (χ4v) is 3.74. The van der Waals surface area contributed by atoms with Gasteiger partial charge in [-0.1, -0.05) is 12.8 Å². The van der Waals surface area contributed by atoms with E-state index in [9.17, 15) is 9.90 Å². The van der Waals surface area contributed by atoms with Crippen LogP contribution in [0.15, 0.2) is 22.8 Å². The molecule has 2 aliphatic rings. The molecular formula is C17H26N2O3. The molecule has 0 spiro atoms. The fourth-order valence-electron chi connectivity index (χ4n) is 3.74. The number of aliphatic hydroxyl groups is 1. The molecule has 1 aliphatic heterocycles. The summed E-state index contributed by atoms with van der Waals surface area (Å²) in [6.07, 6.45) is 7.58. The Kier molecular flexibility index (Phi) is 5.16. The number of piperidine rings is 1. The first-order valence-electron chi connectivity index (χ1n) is 8.46. The van der Waals surface area contributed by atoms with Crippen molar-refractivity contribution in [2.75, 3.05) is 13.1 Å². The second kappa shape index (κ2) is 7.29. The quantitative estimate of drug-likeness (QED) is 0.892. The molecule has 0 aromatic carbocycles. The highest BCUT2D eigenvalue weighted by molar-refractivity contribution is 5.78. The number of hydrogen-bond acceptors (Lipinski definition) is 4. The zero-order valence-corrected chi connectivity index (χ0v) is 13.0. The number of rotatable bonds is 4. The number of hydrogen-bond donors (Lipinski definition) is 2. The number of amides is 1. The minimum absolute atomic E-state index is 0.0898. The van der Waals surface area contributed by atoms with E-state index in [2.05, 4.69) is 10.2 Å². The van der Waals surface area contributed by atoms with Crippen molar-refractivity contribution < 1.29 is 14.3 Å². The van der Waals surface area contributed by atoms with Crippen molar-refractivity contribution in [2.45, 2.75) is 57.2 Å². The van der Waals surface area contributed by atoms with E-state index in [1.54, 1.807) is 6.26 Å². The van der Waals surface area contributed by atoms with Gasteiger partial charge in [0.15, 0.2) is 0 Å². The minimum Gasteiger partial charge on any atom is -0.467 e. The first-order chi connectivity index (χ1) is 10.7. The number of aliphatic hydroxyl groups excluding tert-OH is 1. The second-order valence-electron chi connectivity index (χ2n) is 6.53. The number of likely N-dealkylation sites (tertiary alicyclic amines) is 1. The van der Waals surface area contributed by atoms with E-state index in [0.29, 0.717) is 12.6 Å². The molecule has 1 aliphatic carbocycles. The molecule has 0 unspecified atom stereocenters. The molecule has 2 fully saturated rings. The highest BCUT2D eigenvalue weighted by Gasteiger charge is 2.33. The molecule has 1 aromatic heterocycles. The molecule has 0 bridgehead atoms. The maximum absolute atomic E-state index is 12.2. The van der Waals surface area contributed by atoms with Crippen molar-refractivity contribution in [3.63, 3.8) is 0 Å². The Morgan fingerprint density at radius 3 is 2.73 bits per heavy atom. The van der Waals surface area contributed by atoms with Crippen LogP contribution in [0.2, 0.25) is 0 Å². The summed E-state index contributed by atoms with van der Waals surface area (Å²) in [6.45, 7) is 2.30. The molecule has 2 heterocycles. The lowest BCUT2D eigenvalue weighted by molar-refractivity contribution is -0.127. The smallest absolute Gasteiger partial charge is 0.223 e. The van der Waals surface area contributed by atoms with Gasteiger partial charge in [-0.05, 0) is 50.9 Å². The Bertz CT molecular complexity index is 466.